The molecule has 1 atom stereocenters. The number of halogens is 2. The van der Waals surface area contributed by atoms with Crippen molar-refractivity contribution in [2.45, 2.75) is 17.9 Å². The molecule has 1 N–H and O–H groups in total. The largest absolute Gasteiger partial charge is 0.358 e. The van der Waals surface area contributed by atoms with Gasteiger partial charge in [0.1, 0.15) is 10.8 Å². The lowest BCUT2D eigenvalue weighted by Gasteiger charge is -2.29. The van der Waals surface area contributed by atoms with Crippen LogP contribution < -0.4 is 5.32 Å². The first kappa shape index (κ1) is 16.0. The first-order valence-electron chi connectivity index (χ1n) is 6.92. The van der Waals surface area contributed by atoms with Gasteiger partial charge in [0.05, 0.1) is 22.0 Å². The molecule has 1 aliphatic heterocycles. The molecule has 0 saturated heterocycles. The lowest BCUT2D eigenvalue weighted by molar-refractivity contribution is 0.620. The van der Waals surface area contributed by atoms with E-state index in [1.54, 1.807) is 18.3 Å². The Kier molecular flexibility index (Phi) is 4.42. The molecule has 2 aromatic rings. The molecule has 3 nitrogen and oxygen atoms in total. The standard InChI is InChI=1S/C17H13BrFN3S/c1-9-11(8-20)15(10-3-4-13(19)12(18)7-10)16-14(22-9)5-6-21-17(16)23-2/h3-7,15,22H,1-2H3. The van der Waals surface area contributed by atoms with Gasteiger partial charge in [-0.15, -0.1) is 11.8 Å². The van der Waals surface area contributed by atoms with Crippen LogP contribution in [-0.4, -0.2) is 11.2 Å². The van der Waals surface area contributed by atoms with E-state index in [0.29, 0.717) is 10.0 Å². The van der Waals surface area contributed by atoms with Crippen LogP contribution >= 0.6 is 27.7 Å². The van der Waals surface area contributed by atoms with E-state index >= 15 is 0 Å². The van der Waals surface area contributed by atoms with Crippen LogP contribution in [0.4, 0.5) is 10.1 Å². The molecule has 23 heavy (non-hydrogen) atoms. The molecule has 116 valence electrons. The maximum Gasteiger partial charge on any atom is 0.137 e. The van der Waals surface area contributed by atoms with Gasteiger partial charge in [-0.3, -0.25) is 0 Å². The Labute approximate surface area is 146 Å². The second-order valence-corrected chi connectivity index (χ2v) is 6.81. The molecular weight excluding hydrogens is 377 g/mol. The van der Waals surface area contributed by atoms with Gasteiger partial charge in [-0.25, -0.2) is 9.37 Å². The van der Waals surface area contributed by atoms with Crippen molar-refractivity contribution in [3.05, 3.63) is 63.1 Å². The number of pyridine rings is 1. The molecule has 6 heteroatoms. The quantitative estimate of drug-likeness (QED) is 0.729. The van der Waals surface area contributed by atoms with Gasteiger partial charge in [0.15, 0.2) is 0 Å². The number of hydrogen-bond donors (Lipinski definition) is 1. The van der Waals surface area contributed by atoms with Crippen molar-refractivity contribution in [1.29, 1.82) is 5.26 Å². The second kappa shape index (κ2) is 6.34. The number of allylic oxidation sites excluding steroid dienone is 2. The summed E-state index contributed by atoms with van der Waals surface area (Å²) >= 11 is 4.77. The highest BCUT2D eigenvalue weighted by atomic mass is 79.9. The van der Waals surface area contributed by atoms with E-state index in [9.17, 15) is 9.65 Å². The normalized spacial score (nSPS) is 16.6. The van der Waals surface area contributed by atoms with Gasteiger partial charge in [-0.2, -0.15) is 5.26 Å². The smallest absolute Gasteiger partial charge is 0.137 e. The average Bonchev–Trinajstić information content (AvgIpc) is 2.55. The fourth-order valence-electron chi connectivity index (χ4n) is 2.81. The molecule has 2 heterocycles. The lowest BCUT2D eigenvalue weighted by Crippen LogP contribution is -2.18. The zero-order valence-corrected chi connectivity index (χ0v) is 14.9. The topological polar surface area (TPSA) is 48.7 Å². The number of aromatic nitrogens is 1. The number of fused-ring (bicyclic) bond motifs is 1. The number of nitriles is 1. The highest BCUT2D eigenvalue weighted by Crippen LogP contribution is 2.45. The van der Waals surface area contributed by atoms with Crippen LogP contribution in [-0.2, 0) is 0 Å². The van der Waals surface area contributed by atoms with Gasteiger partial charge >= 0.3 is 0 Å². The van der Waals surface area contributed by atoms with Gasteiger partial charge < -0.3 is 5.32 Å². The lowest BCUT2D eigenvalue weighted by atomic mass is 9.82. The minimum atomic E-state index is -0.321. The Morgan fingerprint density at radius 2 is 2.17 bits per heavy atom. The van der Waals surface area contributed by atoms with E-state index in [-0.39, 0.29) is 11.7 Å². The van der Waals surface area contributed by atoms with E-state index in [4.69, 9.17) is 0 Å². The summed E-state index contributed by atoms with van der Waals surface area (Å²) in [6.07, 6.45) is 3.71. The Bertz CT molecular complexity index is 857. The number of nitrogens with zero attached hydrogens (tertiary/aromatic N) is 2. The summed E-state index contributed by atoms with van der Waals surface area (Å²) in [7, 11) is 0. The Balaban J connectivity index is 2.28. The van der Waals surface area contributed by atoms with Crippen LogP contribution in [0.3, 0.4) is 0 Å². The molecule has 1 aliphatic rings. The summed E-state index contributed by atoms with van der Waals surface area (Å²) in [5.74, 6) is -0.581. The molecule has 0 saturated carbocycles. The summed E-state index contributed by atoms with van der Waals surface area (Å²) < 4.78 is 14.0. The molecule has 0 radical (unpaired) electrons. The Morgan fingerprint density at radius 1 is 1.39 bits per heavy atom. The third-order valence-corrected chi connectivity index (χ3v) is 5.17. The van der Waals surface area contributed by atoms with Crippen molar-refractivity contribution in [2.75, 3.05) is 11.6 Å². The third kappa shape index (κ3) is 2.75. The molecule has 1 aromatic carbocycles. The predicted octanol–water partition coefficient (Wildman–Crippen LogP) is 5.06. The first-order chi connectivity index (χ1) is 11.1. The number of rotatable bonds is 2. The molecule has 1 aromatic heterocycles. The molecule has 0 aliphatic carbocycles. The van der Waals surface area contributed by atoms with E-state index in [0.717, 1.165) is 27.5 Å². The Morgan fingerprint density at radius 3 is 2.83 bits per heavy atom. The number of hydrogen-bond acceptors (Lipinski definition) is 4. The minimum absolute atomic E-state index is 0.260. The van der Waals surface area contributed by atoms with E-state index < -0.39 is 0 Å². The molecule has 0 fully saturated rings. The Hall–Kier alpha value is -1.84. The fourth-order valence-corrected chi connectivity index (χ4v) is 3.82. The van der Waals surface area contributed by atoms with Crippen LogP contribution in [0.25, 0.3) is 0 Å². The summed E-state index contributed by atoms with van der Waals surface area (Å²) in [5, 5.41) is 13.8. The van der Waals surface area contributed by atoms with Gasteiger partial charge in [0, 0.05) is 23.1 Å². The molecular formula is C17H13BrFN3S. The van der Waals surface area contributed by atoms with Crippen molar-refractivity contribution < 1.29 is 4.39 Å². The molecule has 1 unspecified atom stereocenters. The van der Waals surface area contributed by atoms with E-state index in [1.165, 1.54) is 17.8 Å². The highest BCUT2D eigenvalue weighted by molar-refractivity contribution is 9.10. The fraction of sp³-hybridized carbons (Fsp3) is 0.176. The van der Waals surface area contributed by atoms with E-state index in [1.807, 2.05) is 19.2 Å². The first-order valence-corrected chi connectivity index (χ1v) is 8.94. The van der Waals surface area contributed by atoms with Gasteiger partial charge in [-0.05, 0) is 52.9 Å². The molecule has 0 bridgehead atoms. The summed E-state index contributed by atoms with van der Waals surface area (Å²) in [4.78, 5) is 4.43. The number of anilines is 1. The summed E-state index contributed by atoms with van der Waals surface area (Å²) in [6, 6.07) is 9.07. The molecule has 0 amide bonds. The molecule has 3 rings (SSSR count). The zero-order valence-electron chi connectivity index (χ0n) is 12.5. The zero-order chi connectivity index (χ0) is 16.6. The predicted molar refractivity (Wildman–Crippen MR) is 93.9 cm³/mol. The van der Waals surface area contributed by atoms with Crippen LogP contribution in [0.1, 0.15) is 24.0 Å². The molecule has 0 spiro atoms. The summed E-state index contributed by atoms with van der Waals surface area (Å²) in [6.45, 7) is 1.88. The van der Waals surface area contributed by atoms with Crippen molar-refractivity contribution in [1.82, 2.24) is 4.98 Å². The van der Waals surface area contributed by atoms with E-state index in [2.05, 4.69) is 32.3 Å². The monoisotopic (exact) mass is 389 g/mol. The van der Waals surface area contributed by atoms with Crippen molar-refractivity contribution in [3.8, 4) is 6.07 Å². The average molecular weight is 390 g/mol. The van der Waals surface area contributed by atoms with Crippen LogP contribution in [0.5, 0.6) is 0 Å². The highest BCUT2D eigenvalue weighted by Gasteiger charge is 2.31. The van der Waals surface area contributed by atoms with Gasteiger partial charge in [0.25, 0.3) is 0 Å². The van der Waals surface area contributed by atoms with Gasteiger partial charge in [-0.1, -0.05) is 6.07 Å². The number of benzene rings is 1. The maximum absolute atomic E-state index is 13.6. The van der Waals surface area contributed by atoms with Crippen molar-refractivity contribution >= 4 is 33.4 Å². The van der Waals surface area contributed by atoms with Crippen molar-refractivity contribution in [2.24, 2.45) is 0 Å². The van der Waals surface area contributed by atoms with Crippen LogP contribution in [0.15, 0.2) is 51.2 Å². The number of thioether (sulfide) groups is 1. The summed E-state index contributed by atoms with van der Waals surface area (Å²) in [5.41, 5.74) is 4.19. The van der Waals surface area contributed by atoms with Crippen molar-refractivity contribution in [3.63, 3.8) is 0 Å². The van der Waals surface area contributed by atoms with Crippen LogP contribution in [0.2, 0.25) is 0 Å². The van der Waals surface area contributed by atoms with Crippen LogP contribution in [0, 0.1) is 17.1 Å². The maximum atomic E-state index is 13.6. The van der Waals surface area contributed by atoms with Gasteiger partial charge in [0.2, 0.25) is 0 Å². The minimum Gasteiger partial charge on any atom is -0.358 e. The third-order valence-electron chi connectivity index (χ3n) is 3.85. The second-order valence-electron chi connectivity index (χ2n) is 5.16. The SMILES string of the molecule is CSc1nccc2c1C(c1ccc(F)c(Br)c1)C(C#N)=C(C)N2. The number of nitrogens with one attached hydrogen (secondary N) is 1.